The molecule has 2 aromatic carbocycles. The largest absolute Gasteiger partial charge is 0.368 e. The number of hydrogen-bond acceptors (Lipinski definition) is 6. The monoisotopic (exact) mass is 501 g/mol. The standard InChI is InChI=1S/C29H39N7O/c1-6-36(18-21-17-35(5)25-14-10-8-11-22(21)25)16-15-34(4)19-26-31-24-13-9-7-12-23(24)29(32-26)33-27(20(2)3)28(30)37/h7-14,17,20,27H,6,15-16,18-19H2,1-5H3,(H2,30,37)(H,31,32,33)/t27-/m0/s1. The number of carbonyl (C=O) groups is 1. The molecule has 8 nitrogen and oxygen atoms in total. The van der Waals surface area contributed by atoms with Crippen LogP contribution in [0.25, 0.3) is 21.8 Å². The van der Waals surface area contributed by atoms with Crippen LogP contribution < -0.4 is 11.1 Å². The lowest BCUT2D eigenvalue weighted by Crippen LogP contribution is -2.40. The molecule has 4 aromatic rings. The molecule has 2 heterocycles. The zero-order chi connectivity index (χ0) is 26.5. The summed E-state index contributed by atoms with van der Waals surface area (Å²) in [5.74, 6) is 1.02. The van der Waals surface area contributed by atoms with Crippen LogP contribution in [-0.2, 0) is 24.9 Å². The summed E-state index contributed by atoms with van der Waals surface area (Å²) in [4.78, 5) is 26.3. The summed E-state index contributed by atoms with van der Waals surface area (Å²) in [6, 6.07) is 15.9. The highest BCUT2D eigenvalue weighted by Gasteiger charge is 2.21. The molecule has 0 unspecified atom stereocenters. The van der Waals surface area contributed by atoms with E-state index < -0.39 is 6.04 Å². The van der Waals surface area contributed by atoms with E-state index in [1.807, 2.05) is 38.1 Å². The quantitative estimate of drug-likeness (QED) is 0.305. The molecule has 3 N–H and O–H groups in total. The first-order valence-electron chi connectivity index (χ1n) is 13.0. The number of nitrogens with one attached hydrogen (secondary N) is 1. The van der Waals surface area contributed by atoms with Crippen molar-refractivity contribution >= 4 is 33.5 Å². The topological polar surface area (TPSA) is 92.3 Å². The summed E-state index contributed by atoms with van der Waals surface area (Å²) >= 11 is 0. The highest BCUT2D eigenvalue weighted by molar-refractivity contribution is 5.92. The first kappa shape index (κ1) is 26.6. The minimum atomic E-state index is -0.504. The van der Waals surface area contributed by atoms with E-state index >= 15 is 0 Å². The number of likely N-dealkylation sites (N-methyl/N-ethyl adjacent to an activating group) is 2. The van der Waals surface area contributed by atoms with Gasteiger partial charge in [0.2, 0.25) is 5.91 Å². The average Bonchev–Trinajstić information content (AvgIpc) is 3.19. The summed E-state index contributed by atoms with van der Waals surface area (Å²) in [7, 11) is 4.20. The number of aryl methyl sites for hydroxylation is 1. The second kappa shape index (κ2) is 11.7. The molecule has 0 radical (unpaired) electrons. The van der Waals surface area contributed by atoms with Gasteiger partial charge in [0.15, 0.2) is 0 Å². The van der Waals surface area contributed by atoms with E-state index in [0.717, 1.165) is 37.1 Å². The van der Waals surface area contributed by atoms with Gasteiger partial charge in [0.1, 0.15) is 17.7 Å². The molecule has 0 fully saturated rings. The highest BCUT2D eigenvalue weighted by atomic mass is 16.1. The van der Waals surface area contributed by atoms with E-state index in [-0.39, 0.29) is 11.8 Å². The molecular formula is C29H39N7O. The fourth-order valence-corrected chi connectivity index (χ4v) is 4.79. The van der Waals surface area contributed by atoms with Gasteiger partial charge in [0.05, 0.1) is 12.1 Å². The third-order valence-electron chi connectivity index (χ3n) is 6.94. The summed E-state index contributed by atoms with van der Waals surface area (Å²) in [5.41, 5.74) is 9.12. The number of rotatable bonds is 12. The third kappa shape index (κ3) is 6.26. The minimum absolute atomic E-state index is 0.0408. The number of nitrogens with two attached hydrogens (primary N) is 1. The Hall–Kier alpha value is -3.49. The number of para-hydroxylation sites is 2. The average molecular weight is 502 g/mol. The predicted octanol–water partition coefficient (Wildman–Crippen LogP) is 4.00. The van der Waals surface area contributed by atoms with Gasteiger partial charge in [0.25, 0.3) is 0 Å². The second-order valence-electron chi connectivity index (χ2n) is 10.2. The van der Waals surface area contributed by atoms with Crippen molar-refractivity contribution in [3.8, 4) is 0 Å². The Morgan fingerprint density at radius 3 is 2.43 bits per heavy atom. The Morgan fingerprint density at radius 1 is 1.03 bits per heavy atom. The number of amides is 1. The fraction of sp³-hybridized carbons (Fsp3) is 0.414. The van der Waals surface area contributed by atoms with Crippen LogP contribution in [0.3, 0.4) is 0 Å². The van der Waals surface area contributed by atoms with Gasteiger partial charge in [0, 0.05) is 49.2 Å². The molecule has 0 bridgehead atoms. The number of fused-ring (bicyclic) bond motifs is 2. The van der Waals surface area contributed by atoms with Crippen molar-refractivity contribution in [1.29, 1.82) is 0 Å². The molecule has 196 valence electrons. The number of hydrogen-bond donors (Lipinski definition) is 2. The maximum Gasteiger partial charge on any atom is 0.240 e. The summed E-state index contributed by atoms with van der Waals surface area (Å²) in [6.07, 6.45) is 2.24. The first-order chi connectivity index (χ1) is 17.8. The van der Waals surface area contributed by atoms with Crippen molar-refractivity contribution in [2.45, 2.75) is 39.9 Å². The van der Waals surface area contributed by atoms with Crippen LogP contribution in [0.15, 0.2) is 54.7 Å². The SMILES string of the molecule is CCN(CCN(C)Cc1nc(N[C@H](C(N)=O)C(C)C)c2ccccc2n1)Cc1cn(C)c2ccccc12. The van der Waals surface area contributed by atoms with E-state index in [1.165, 1.54) is 16.5 Å². The van der Waals surface area contributed by atoms with E-state index in [1.54, 1.807) is 0 Å². The molecular weight excluding hydrogens is 462 g/mol. The van der Waals surface area contributed by atoms with Crippen LogP contribution in [0.2, 0.25) is 0 Å². The van der Waals surface area contributed by atoms with E-state index in [2.05, 4.69) is 71.2 Å². The van der Waals surface area contributed by atoms with Crippen molar-refractivity contribution in [1.82, 2.24) is 24.3 Å². The number of primary amides is 1. The Kier molecular flexibility index (Phi) is 8.41. The molecule has 0 aliphatic heterocycles. The maximum atomic E-state index is 12.0. The lowest BCUT2D eigenvalue weighted by atomic mass is 10.0. The molecule has 4 rings (SSSR count). The molecule has 1 atom stereocenters. The molecule has 0 saturated carbocycles. The van der Waals surface area contributed by atoms with Gasteiger partial charge in [-0.05, 0) is 43.3 Å². The molecule has 0 saturated heterocycles. The minimum Gasteiger partial charge on any atom is -0.368 e. The van der Waals surface area contributed by atoms with Crippen molar-refractivity contribution in [2.75, 3.05) is 32.0 Å². The van der Waals surface area contributed by atoms with Crippen LogP contribution >= 0.6 is 0 Å². The second-order valence-corrected chi connectivity index (χ2v) is 10.2. The van der Waals surface area contributed by atoms with Crippen molar-refractivity contribution in [3.05, 3.63) is 66.1 Å². The molecule has 37 heavy (non-hydrogen) atoms. The Labute approximate surface area is 219 Å². The molecule has 1 amide bonds. The predicted molar refractivity (Wildman–Crippen MR) is 151 cm³/mol. The number of carbonyl (C=O) groups excluding carboxylic acids is 1. The van der Waals surface area contributed by atoms with Gasteiger partial charge in [-0.15, -0.1) is 0 Å². The van der Waals surface area contributed by atoms with Gasteiger partial charge in [-0.1, -0.05) is 51.1 Å². The molecule has 0 spiro atoms. The van der Waals surface area contributed by atoms with Crippen molar-refractivity contribution < 1.29 is 4.79 Å². The zero-order valence-corrected chi connectivity index (χ0v) is 22.6. The number of benzene rings is 2. The summed E-state index contributed by atoms with van der Waals surface area (Å²) < 4.78 is 2.20. The Balaban J connectivity index is 1.45. The lowest BCUT2D eigenvalue weighted by molar-refractivity contribution is -0.119. The summed E-state index contributed by atoms with van der Waals surface area (Å²) in [5, 5.41) is 5.48. The van der Waals surface area contributed by atoms with Gasteiger partial charge in [-0.3, -0.25) is 14.6 Å². The Bertz CT molecular complexity index is 1360. The van der Waals surface area contributed by atoms with Crippen molar-refractivity contribution in [3.63, 3.8) is 0 Å². The zero-order valence-electron chi connectivity index (χ0n) is 22.6. The van der Waals surface area contributed by atoms with Gasteiger partial charge in [-0.25, -0.2) is 9.97 Å². The first-order valence-corrected chi connectivity index (χ1v) is 13.0. The Morgan fingerprint density at radius 2 is 1.73 bits per heavy atom. The lowest BCUT2D eigenvalue weighted by Gasteiger charge is -2.24. The third-order valence-corrected chi connectivity index (χ3v) is 6.94. The highest BCUT2D eigenvalue weighted by Crippen LogP contribution is 2.23. The number of nitrogens with zero attached hydrogens (tertiary/aromatic N) is 5. The van der Waals surface area contributed by atoms with Crippen LogP contribution in [0, 0.1) is 5.92 Å². The fourth-order valence-electron chi connectivity index (χ4n) is 4.79. The normalized spacial score (nSPS) is 12.8. The van der Waals surface area contributed by atoms with Gasteiger partial charge >= 0.3 is 0 Å². The smallest absolute Gasteiger partial charge is 0.240 e. The van der Waals surface area contributed by atoms with E-state index in [4.69, 9.17) is 15.7 Å². The van der Waals surface area contributed by atoms with E-state index in [0.29, 0.717) is 18.2 Å². The van der Waals surface area contributed by atoms with Crippen LogP contribution in [0.4, 0.5) is 5.82 Å². The number of anilines is 1. The molecule has 8 heteroatoms. The van der Waals surface area contributed by atoms with E-state index in [9.17, 15) is 4.79 Å². The molecule has 0 aliphatic carbocycles. The number of aromatic nitrogens is 3. The molecule has 0 aliphatic rings. The van der Waals surface area contributed by atoms with Crippen LogP contribution in [0.5, 0.6) is 0 Å². The van der Waals surface area contributed by atoms with Gasteiger partial charge in [-0.2, -0.15) is 0 Å². The summed E-state index contributed by atoms with van der Waals surface area (Å²) in [6.45, 7) is 10.5. The van der Waals surface area contributed by atoms with Crippen LogP contribution in [-0.4, -0.2) is 63.0 Å². The van der Waals surface area contributed by atoms with Crippen LogP contribution in [0.1, 0.15) is 32.2 Å². The maximum absolute atomic E-state index is 12.0. The molecule has 2 aromatic heterocycles. The van der Waals surface area contributed by atoms with Gasteiger partial charge < -0.3 is 15.6 Å². The van der Waals surface area contributed by atoms with Crippen molar-refractivity contribution in [2.24, 2.45) is 18.7 Å².